The van der Waals surface area contributed by atoms with Crippen LogP contribution in [0.2, 0.25) is 0 Å². The highest BCUT2D eigenvalue weighted by Gasteiger charge is 2.01. The highest BCUT2D eigenvalue weighted by atomic mass is 31.2. The van der Waals surface area contributed by atoms with Gasteiger partial charge < -0.3 is 24.5 Å². The molecule has 0 aliphatic carbocycles. The average Bonchev–Trinajstić information content (AvgIpc) is 2.56. The molecule has 0 aliphatic rings. The zero-order chi connectivity index (χ0) is 19.0. The van der Waals surface area contributed by atoms with Gasteiger partial charge in [0, 0.05) is 21.5 Å². The summed E-state index contributed by atoms with van der Waals surface area (Å²) in [6.45, 7) is 4.05. The fourth-order valence-corrected chi connectivity index (χ4v) is 1.56. The number of unbranched alkanes of at least 4 members (excludes halogenated alkanes) is 3. The lowest BCUT2D eigenvalue weighted by atomic mass is 10.1. The molecule has 0 amide bonds. The Kier molecular flexibility index (Phi) is 14.0. The summed E-state index contributed by atoms with van der Waals surface area (Å²) in [5.41, 5.74) is 0. The van der Waals surface area contributed by atoms with Gasteiger partial charge in [-0.2, -0.15) is 0 Å². The number of rotatable bonds is 11. The number of hydrogen-bond donors (Lipinski definition) is 3. The second-order valence-electron chi connectivity index (χ2n) is 4.76. The number of benzene rings is 1. The van der Waals surface area contributed by atoms with Crippen molar-refractivity contribution < 1.29 is 44.1 Å². The lowest BCUT2D eigenvalue weighted by Crippen LogP contribution is -2.02. The van der Waals surface area contributed by atoms with Crippen LogP contribution < -0.4 is 4.89 Å². The van der Waals surface area contributed by atoms with Crippen molar-refractivity contribution in [1.29, 1.82) is 0 Å². The molecule has 0 heterocycles. The molecule has 144 valence electrons. The van der Waals surface area contributed by atoms with E-state index in [0.29, 0.717) is 11.5 Å². The van der Waals surface area contributed by atoms with Gasteiger partial charge in [-0.3, -0.25) is 0 Å². The molecule has 10 heteroatoms. The normalized spacial score (nSPS) is 11.5. The molecular weight excluding hydrogens is 355 g/mol. The molecule has 0 spiro atoms. The van der Waals surface area contributed by atoms with Crippen molar-refractivity contribution in [2.45, 2.75) is 46.0 Å². The van der Waals surface area contributed by atoms with Gasteiger partial charge in [-0.25, -0.2) is 4.57 Å². The molecule has 1 aromatic carbocycles. The zero-order valence-electron chi connectivity index (χ0n) is 14.2. The standard InChI is InChI=1S/C15H22O5.H3O4P/c1-3-5-6-8-11-14(4-2)16-18-20-19-17-15-12-9-7-10-13-15;1-5(2,3)4/h4,7,9-10,12-13H,3,5-6,8,11H2,1-2H3;(H3,1,2,3,4). The fraction of sp³-hybridized carbons (Fsp3) is 0.467. The van der Waals surface area contributed by atoms with E-state index in [1.54, 1.807) is 12.1 Å². The lowest BCUT2D eigenvalue weighted by molar-refractivity contribution is -0.685. The second kappa shape index (κ2) is 14.9. The Morgan fingerprint density at radius 2 is 1.68 bits per heavy atom. The van der Waals surface area contributed by atoms with Gasteiger partial charge in [0.25, 0.3) is 0 Å². The summed E-state index contributed by atoms with van der Waals surface area (Å²) in [5, 5.41) is 13.1. The van der Waals surface area contributed by atoms with E-state index in [2.05, 4.69) is 22.0 Å². The maximum absolute atomic E-state index is 8.88. The van der Waals surface area contributed by atoms with Gasteiger partial charge in [0.1, 0.15) is 5.76 Å². The Morgan fingerprint density at radius 3 is 2.24 bits per heavy atom. The van der Waals surface area contributed by atoms with Crippen LogP contribution in [0.4, 0.5) is 0 Å². The first kappa shape index (κ1) is 23.5. The van der Waals surface area contributed by atoms with E-state index in [4.69, 9.17) is 29.0 Å². The molecule has 3 N–H and O–H groups in total. The number of hydrogen-bond acceptors (Lipinski definition) is 6. The van der Waals surface area contributed by atoms with Crippen LogP contribution in [-0.2, 0) is 24.6 Å². The van der Waals surface area contributed by atoms with Crippen LogP contribution in [0.3, 0.4) is 0 Å². The van der Waals surface area contributed by atoms with Crippen LogP contribution in [0.1, 0.15) is 46.0 Å². The summed E-state index contributed by atoms with van der Waals surface area (Å²) >= 11 is 0. The van der Waals surface area contributed by atoms with Crippen molar-refractivity contribution in [3.8, 4) is 5.75 Å². The molecular formula is C15H25O9P. The molecule has 25 heavy (non-hydrogen) atoms. The van der Waals surface area contributed by atoms with Crippen LogP contribution in [-0.4, -0.2) is 14.7 Å². The van der Waals surface area contributed by atoms with E-state index in [1.807, 2.05) is 31.2 Å². The van der Waals surface area contributed by atoms with Crippen LogP contribution in [0.25, 0.3) is 0 Å². The number of phosphoric acid groups is 1. The molecule has 0 saturated heterocycles. The minimum absolute atomic E-state index is 0.502. The first-order valence-electron chi connectivity index (χ1n) is 7.69. The first-order chi connectivity index (χ1) is 11.9. The summed E-state index contributed by atoms with van der Waals surface area (Å²) in [4.78, 5) is 31.3. The summed E-state index contributed by atoms with van der Waals surface area (Å²) in [6, 6.07) is 8.92. The lowest BCUT2D eigenvalue weighted by Gasteiger charge is -2.06. The molecule has 0 bridgehead atoms. The van der Waals surface area contributed by atoms with E-state index < -0.39 is 7.82 Å². The zero-order valence-corrected chi connectivity index (χ0v) is 15.1. The minimum Gasteiger partial charge on any atom is -0.311 e. The minimum atomic E-state index is -4.64. The Bertz CT molecular complexity index is 493. The maximum atomic E-state index is 8.88. The van der Waals surface area contributed by atoms with Crippen molar-refractivity contribution in [3.05, 3.63) is 42.2 Å². The summed E-state index contributed by atoms with van der Waals surface area (Å²) < 4.78 is 8.88. The molecule has 0 radical (unpaired) electrons. The van der Waals surface area contributed by atoms with Gasteiger partial charge in [-0.05, 0) is 31.6 Å². The van der Waals surface area contributed by atoms with Gasteiger partial charge in [0.2, 0.25) is 0 Å². The van der Waals surface area contributed by atoms with E-state index in [0.717, 1.165) is 12.8 Å². The van der Waals surface area contributed by atoms with Crippen LogP contribution >= 0.6 is 7.82 Å². The predicted molar refractivity (Wildman–Crippen MR) is 88.2 cm³/mol. The third-order valence-corrected chi connectivity index (χ3v) is 2.67. The highest BCUT2D eigenvalue weighted by Crippen LogP contribution is 2.25. The van der Waals surface area contributed by atoms with E-state index in [-0.39, 0.29) is 0 Å². The number of allylic oxidation sites excluding steroid dienone is 2. The van der Waals surface area contributed by atoms with Crippen molar-refractivity contribution in [1.82, 2.24) is 0 Å². The molecule has 0 unspecified atom stereocenters. The fourth-order valence-electron chi connectivity index (χ4n) is 1.56. The van der Waals surface area contributed by atoms with Gasteiger partial charge in [0.05, 0.1) is 0 Å². The van der Waals surface area contributed by atoms with Crippen molar-refractivity contribution >= 4 is 7.82 Å². The molecule has 0 aliphatic heterocycles. The van der Waals surface area contributed by atoms with E-state index in [9.17, 15) is 0 Å². The topological polar surface area (TPSA) is 124 Å². The SMILES string of the molecule is CC=C(CCCCCC)OOOOOc1ccccc1.O=P(O)(O)O. The Balaban J connectivity index is 0.00000101. The van der Waals surface area contributed by atoms with Gasteiger partial charge >= 0.3 is 7.82 Å². The highest BCUT2D eigenvalue weighted by molar-refractivity contribution is 7.45. The molecule has 9 nitrogen and oxygen atoms in total. The van der Waals surface area contributed by atoms with Crippen molar-refractivity contribution in [2.24, 2.45) is 0 Å². The molecule has 0 fully saturated rings. The third-order valence-electron chi connectivity index (χ3n) is 2.67. The first-order valence-corrected chi connectivity index (χ1v) is 9.26. The largest absolute Gasteiger partial charge is 0.466 e. The van der Waals surface area contributed by atoms with Gasteiger partial charge in [-0.15, -0.1) is 0 Å². The van der Waals surface area contributed by atoms with Crippen LogP contribution in [0, 0.1) is 0 Å². The predicted octanol–water partition coefficient (Wildman–Crippen LogP) is 3.74. The molecule has 0 aromatic heterocycles. The monoisotopic (exact) mass is 380 g/mol. The molecule has 0 atom stereocenters. The molecule has 1 aromatic rings. The number of para-hydroxylation sites is 1. The van der Waals surface area contributed by atoms with Crippen molar-refractivity contribution in [3.63, 3.8) is 0 Å². The maximum Gasteiger partial charge on any atom is 0.466 e. The molecule has 0 saturated carbocycles. The second-order valence-corrected chi connectivity index (χ2v) is 5.79. The van der Waals surface area contributed by atoms with Gasteiger partial charge in [0.15, 0.2) is 5.75 Å². The summed E-state index contributed by atoms with van der Waals surface area (Å²) in [7, 11) is -4.64. The Hall–Kier alpha value is -1.45. The average molecular weight is 380 g/mol. The van der Waals surface area contributed by atoms with Crippen molar-refractivity contribution in [2.75, 3.05) is 0 Å². The van der Waals surface area contributed by atoms with E-state index >= 15 is 0 Å². The van der Waals surface area contributed by atoms with Crippen LogP contribution in [0.15, 0.2) is 42.2 Å². The molecule has 1 rings (SSSR count). The summed E-state index contributed by atoms with van der Waals surface area (Å²) in [5.74, 6) is 1.20. The van der Waals surface area contributed by atoms with E-state index in [1.165, 1.54) is 19.3 Å². The van der Waals surface area contributed by atoms with Gasteiger partial charge in [-0.1, -0.05) is 44.4 Å². The van der Waals surface area contributed by atoms with Crippen LogP contribution in [0.5, 0.6) is 5.75 Å². The summed E-state index contributed by atoms with van der Waals surface area (Å²) in [6.07, 6.45) is 7.29. The quantitative estimate of drug-likeness (QED) is 0.173. The Morgan fingerprint density at radius 1 is 1.04 bits per heavy atom. The Labute approximate surface area is 146 Å². The third kappa shape index (κ3) is 18.7. The smallest absolute Gasteiger partial charge is 0.311 e.